The number of nitrogens with one attached hydrogen (secondary N) is 1. The monoisotopic (exact) mass is 606 g/mol. The molecule has 2 heterocycles. The number of hydrogen-bond acceptors (Lipinski definition) is 5. The van der Waals surface area contributed by atoms with Crippen molar-refractivity contribution < 1.29 is 13.9 Å². The number of nitrogens with zero attached hydrogens (tertiary/aromatic N) is 2. The smallest absolute Gasteiger partial charge is 0.346 e. The number of piperazine rings is 1. The summed E-state index contributed by atoms with van der Waals surface area (Å²) in [6.07, 6.45) is 3.60. The largest absolute Gasteiger partial charge is 0.425 e. The lowest BCUT2D eigenvalue weighted by Crippen LogP contribution is -2.43. The number of carbonyl (C=O) groups excluding carboxylic acids is 1. The van der Waals surface area contributed by atoms with E-state index < -0.39 is 24.5 Å². The number of benzene rings is 4. The highest BCUT2D eigenvalue weighted by molar-refractivity contribution is 7.95. The van der Waals surface area contributed by atoms with Gasteiger partial charge in [0.25, 0.3) is 0 Å². The van der Waals surface area contributed by atoms with Crippen LogP contribution in [0.2, 0.25) is 0 Å². The number of anilines is 1. The second kappa shape index (κ2) is 12.0. The molecule has 2 fully saturated rings. The maximum absolute atomic E-state index is 15.5. The summed E-state index contributed by atoms with van der Waals surface area (Å²) in [7, 11) is -2.46. The van der Waals surface area contributed by atoms with Crippen LogP contribution in [0, 0.1) is 5.82 Å². The number of esters is 1. The Morgan fingerprint density at radius 2 is 1.39 bits per heavy atom. The topological polar surface area (TPSA) is 63.6 Å². The van der Waals surface area contributed by atoms with E-state index in [2.05, 4.69) is 41.7 Å². The fraction of sp³-hybridized carbons (Fsp3) is 0.222. The van der Waals surface area contributed by atoms with Crippen LogP contribution in [0.1, 0.15) is 29.2 Å². The number of ether oxygens (including phenoxy) is 1. The van der Waals surface area contributed by atoms with Crippen molar-refractivity contribution in [2.45, 2.75) is 18.9 Å². The lowest BCUT2D eigenvalue weighted by molar-refractivity contribution is 0.0573. The van der Waals surface area contributed by atoms with Gasteiger partial charge in [-0.15, -0.1) is 0 Å². The molecule has 1 N–H and O–H groups in total. The molecule has 7 rings (SSSR count). The molecule has 222 valence electrons. The van der Waals surface area contributed by atoms with Gasteiger partial charge in [0.2, 0.25) is 11.8 Å². The van der Waals surface area contributed by atoms with Gasteiger partial charge in [-0.05, 0) is 61.4 Å². The van der Waals surface area contributed by atoms with Gasteiger partial charge in [-0.25, -0.2) is 9.18 Å². The van der Waals surface area contributed by atoms with Crippen LogP contribution in [-0.2, 0) is 4.74 Å². The quantitative estimate of drug-likeness (QED) is 0.199. The van der Waals surface area contributed by atoms with Gasteiger partial charge >= 0.3 is 5.97 Å². The van der Waals surface area contributed by atoms with Gasteiger partial charge in [0.15, 0.2) is 7.26 Å². The molecule has 6 nitrogen and oxygen atoms in total. The van der Waals surface area contributed by atoms with Crippen molar-refractivity contribution in [1.82, 2.24) is 9.88 Å². The van der Waals surface area contributed by atoms with E-state index in [1.54, 1.807) is 12.3 Å². The summed E-state index contributed by atoms with van der Waals surface area (Å²) in [5, 5.41) is 6.71. The number of halogens is 1. The molecule has 1 aliphatic heterocycles. The number of aromatic nitrogens is 1. The Morgan fingerprint density at radius 3 is 1.91 bits per heavy atom. The van der Waals surface area contributed by atoms with Gasteiger partial charge in [0.05, 0.1) is 11.2 Å². The Kier molecular flexibility index (Phi) is 7.75. The summed E-state index contributed by atoms with van der Waals surface area (Å²) < 4.78 is 23.7. The van der Waals surface area contributed by atoms with Gasteiger partial charge in [0.1, 0.15) is 27.3 Å². The third-order valence-corrected chi connectivity index (χ3v) is 12.8. The Bertz CT molecular complexity index is 1760. The lowest BCUT2D eigenvalue weighted by Gasteiger charge is -2.30. The summed E-state index contributed by atoms with van der Waals surface area (Å²) in [6.45, 7) is 2.93. The number of pyridine rings is 1. The van der Waals surface area contributed by atoms with Crippen LogP contribution in [0.5, 0.6) is 0 Å². The molecule has 1 saturated heterocycles. The molecule has 0 radical (unpaired) electrons. The fourth-order valence-corrected chi connectivity index (χ4v) is 9.95. The molecule has 0 atom stereocenters. The van der Waals surface area contributed by atoms with Gasteiger partial charge in [-0.1, -0.05) is 54.6 Å². The molecular weight excluding hydrogens is 572 g/mol. The number of hydrogen-bond donors (Lipinski definition) is 1. The third-order valence-electron chi connectivity index (χ3n) is 8.70. The molecule has 1 saturated carbocycles. The summed E-state index contributed by atoms with van der Waals surface area (Å²) in [6, 6.07) is 33.6. The van der Waals surface area contributed by atoms with Crippen LogP contribution in [0.4, 0.5) is 10.1 Å². The Labute approximate surface area is 256 Å². The molecule has 1 aromatic heterocycles. The van der Waals surface area contributed by atoms with E-state index in [4.69, 9.17) is 4.74 Å². The molecule has 2 aliphatic rings. The number of carbonyl (C=O) groups is 1. The minimum Gasteiger partial charge on any atom is -0.425 e. The third kappa shape index (κ3) is 5.21. The van der Waals surface area contributed by atoms with Crippen molar-refractivity contribution in [2.24, 2.45) is 0 Å². The van der Waals surface area contributed by atoms with Crippen molar-refractivity contribution in [1.29, 1.82) is 0 Å². The van der Waals surface area contributed by atoms with Crippen molar-refractivity contribution in [2.75, 3.05) is 37.4 Å². The lowest BCUT2D eigenvalue weighted by atomic mass is 10.1. The van der Waals surface area contributed by atoms with Crippen molar-refractivity contribution >= 4 is 45.7 Å². The average Bonchev–Trinajstić information content (AvgIpc) is 3.93. The predicted octanol–water partition coefficient (Wildman–Crippen LogP) is 4.99. The highest BCUT2D eigenvalue weighted by atomic mass is 31.2. The number of fused-ring (bicyclic) bond motifs is 1. The Morgan fingerprint density at radius 1 is 0.841 bits per heavy atom. The van der Waals surface area contributed by atoms with Crippen LogP contribution in [0.3, 0.4) is 0 Å². The average molecular weight is 607 g/mol. The van der Waals surface area contributed by atoms with Gasteiger partial charge < -0.3 is 19.5 Å². The second-order valence-corrected chi connectivity index (χ2v) is 14.9. The van der Waals surface area contributed by atoms with Crippen molar-refractivity contribution in [3.8, 4) is 0 Å². The van der Waals surface area contributed by atoms with Crippen molar-refractivity contribution in [3.63, 3.8) is 0 Å². The molecular formula is C36H34FN3O3P+. The SMILES string of the molecule is O=C(OC[P+](c1ccccc1)(c1ccccc1)c1ccccc1)c1cn(C2CC2)c2cc(N3CCNCC3)c(F)cc2c1=O. The van der Waals surface area contributed by atoms with E-state index in [-0.39, 0.29) is 23.3 Å². The zero-order chi connectivity index (χ0) is 30.1. The van der Waals surface area contributed by atoms with E-state index >= 15 is 4.39 Å². The van der Waals surface area contributed by atoms with Crippen molar-refractivity contribution in [3.05, 3.63) is 131 Å². The molecule has 0 unspecified atom stereocenters. The number of rotatable bonds is 8. The second-order valence-electron chi connectivity index (χ2n) is 11.4. The standard InChI is InChI=1S/C36H34FN3O3P/c37-32-22-30-33(23-34(32)39-20-18-38-19-21-39)40(26-16-17-26)24-31(35(30)41)36(42)43-25-44(27-10-4-1-5-11-27,28-12-6-2-7-13-28)29-14-8-3-9-15-29/h1-15,22-24,26,38H,16-21,25H2/q+1. The summed E-state index contributed by atoms with van der Waals surface area (Å²) >= 11 is 0. The molecule has 0 spiro atoms. The maximum atomic E-state index is 15.5. The molecule has 0 bridgehead atoms. The normalized spacial score (nSPS) is 15.3. The molecule has 1 aliphatic carbocycles. The van der Waals surface area contributed by atoms with E-state index in [9.17, 15) is 9.59 Å². The molecule has 8 heteroatoms. The highest BCUT2D eigenvalue weighted by Crippen LogP contribution is 2.55. The zero-order valence-electron chi connectivity index (χ0n) is 24.4. The van der Waals surface area contributed by atoms with E-state index in [0.29, 0.717) is 24.3 Å². The first-order chi connectivity index (χ1) is 21.6. The minimum atomic E-state index is -2.46. The first kappa shape index (κ1) is 28.5. The van der Waals surface area contributed by atoms with Crippen LogP contribution in [0.15, 0.2) is 114 Å². The highest BCUT2D eigenvalue weighted by Gasteiger charge is 2.47. The fourth-order valence-electron chi connectivity index (χ4n) is 6.26. The Hall–Kier alpha value is -4.32. The Balaban J connectivity index is 1.30. The molecule has 5 aromatic rings. The summed E-state index contributed by atoms with van der Waals surface area (Å²) in [4.78, 5) is 29.8. The first-order valence-electron chi connectivity index (χ1n) is 15.1. The zero-order valence-corrected chi connectivity index (χ0v) is 25.3. The van der Waals surface area contributed by atoms with Crippen LogP contribution in [0.25, 0.3) is 10.9 Å². The van der Waals surface area contributed by atoms with Gasteiger partial charge in [0, 0.05) is 43.8 Å². The predicted molar refractivity (Wildman–Crippen MR) is 177 cm³/mol. The summed E-state index contributed by atoms with van der Waals surface area (Å²) in [5.41, 5.74) is 0.580. The summed E-state index contributed by atoms with van der Waals surface area (Å²) in [5.74, 6) is -1.14. The van der Waals surface area contributed by atoms with E-state index in [1.165, 1.54) is 6.07 Å². The van der Waals surface area contributed by atoms with Crippen LogP contribution >= 0.6 is 7.26 Å². The van der Waals surface area contributed by atoms with Gasteiger partial charge in [-0.3, -0.25) is 4.79 Å². The molecule has 0 amide bonds. The van der Waals surface area contributed by atoms with Crippen LogP contribution in [-0.4, -0.2) is 43.1 Å². The van der Waals surface area contributed by atoms with E-state index in [0.717, 1.165) is 41.8 Å². The van der Waals surface area contributed by atoms with Crippen LogP contribution < -0.4 is 31.6 Å². The molecule has 44 heavy (non-hydrogen) atoms. The molecule has 4 aromatic carbocycles. The minimum absolute atomic E-state index is 0.0639. The first-order valence-corrected chi connectivity index (χ1v) is 17.1. The van der Waals surface area contributed by atoms with E-state index in [1.807, 2.05) is 64.1 Å². The van der Waals surface area contributed by atoms with Gasteiger partial charge in [-0.2, -0.15) is 0 Å². The maximum Gasteiger partial charge on any atom is 0.346 e.